The van der Waals surface area contributed by atoms with Gasteiger partial charge < -0.3 is 10.1 Å². The van der Waals surface area contributed by atoms with Crippen molar-refractivity contribution in [3.8, 4) is 0 Å². The summed E-state index contributed by atoms with van der Waals surface area (Å²) < 4.78 is 40.6. The Balaban J connectivity index is 1.88. The maximum Gasteiger partial charge on any atom is 0.322 e. The predicted molar refractivity (Wildman–Crippen MR) is 94.9 cm³/mol. The molecule has 3 N–H and O–H groups in total. The van der Waals surface area contributed by atoms with Crippen LogP contribution in [0.3, 0.4) is 0 Å². The summed E-state index contributed by atoms with van der Waals surface area (Å²) in [6.07, 6.45) is 1.63. The average molecular weight is 376 g/mol. The molecule has 26 heavy (non-hydrogen) atoms. The van der Waals surface area contributed by atoms with Crippen LogP contribution in [0.2, 0.25) is 0 Å². The summed E-state index contributed by atoms with van der Waals surface area (Å²) in [5.41, 5.74) is 1.69. The Kier molecular flexibility index (Phi) is 4.80. The Morgan fingerprint density at radius 2 is 2.00 bits per heavy atom. The molecule has 0 spiro atoms. The first kappa shape index (κ1) is 18.1. The molecule has 2 aromatic carbocycles. The summed E-state index contributed by atoms with van der Waals surface area (Å²) >= 11 is 0. The second-order valence-electron chi connectivity index (χ2n) is 5.99. The molecule has 1 atom stereocenters. The molecule has 0 radical (unpaired) electrons. The molecule has 0 aliphatic carbocycles. The van der Waals surface area contributed by atoms with E-state index in [-0.39, 0.29) is 16.9 Å². The Bertz CT molecular complexity index is 1080. The number of nitrogens with one attached hydrogen (secondary N) is 2. The van der Waals surface area contributed by atoms with Crippen LogP contribution in [0.1, 0.15) is 11.1 Å². The molecule has 1 aromatic heterocycles. The van der Waals surface area contributed by atoms with Gasteiger partial charge in [-0.15, -0.1) is 0 Å². The number of H-pyrrole nitrogens is 1. The van der Waals surface area contributed by atoms with E-state index in [1.54, 1.807) is 6.20 Å². The van der Waals surface area contributed by atoms with Crippen LogP contribution in [0.25, 0.3) is 10.9 Å². The van der Waals surface area contributed by atoms with Crippen LogP contribution in [0.15, 0.2) is 53.6 Å². The molecular weight excluding hydrogens is 359 g/mol. The number of rotatable bonds is 6. The number of fused-ring (bicyclic) bond motifs is 1. The quantitative estimate of drug-likeness (QED) is 0.616. The van der Waals surface area contributed by atoms with Gasteiger partial charge in [0.05, 0.1) is 4.90 Å². The van der Waals surface area contributed by atoms with Gasteiger partial charge in [0.1, 0.15) is 11.9 Å². The molecule has 3 aromatic rings. The Labute approximate surface area is 149 Å². The lowest BCUT2D eigenvalue weighted by atomic mass is 10.1. The maximum atomic E-state index is 13.4. The smallest absolute Gasteiger partial charge is 0.322 e. The third-order valence-electron chi connectivity index (χ3n) is 4.13. The summed E-state index contributed by atoms with van der Waals surface area (Å²) in [4.78, 5) is 14.4. The number of aliphatic carboxylic acids is 1. The fourth-order valence-electron chi connectivity index (χ4n) is 2.74. The second-order valence-corrected chi connectivity index (χ2v) is 7.70. The lowest BCUT2D eigenvalue weighted by Crippen LogP contribution is -2.42. The monoisotopic (exact) mass is 376 g/mol. The number of carbonyl (C=O) groups is 1. The zero-order valence-electron chi connectivity index (χ0n) is 13.9. The molecule has 136 valence electrons. The molecule has 0 fully saturated rings. The highest BCUT2D eigenvalue weighted by Gasteiger charge is 2.27. The molecule has 1 unspecified atom stereocenters. The highest BCUT2D eigenvalue weighted by atomic mass is 32.2. The highest BCUT2D eigenvalue weighted by molar-refractivity contribution is 7.89. The van der Waals surface area contributed by atoms with Crippen molar-refractivity contribution in [2.24, 2.45) is 0 Å². The molecule has 0 bridgehead atoms. The number of aryl methyl sites for hydroxylation is 1. The predicted octanol–water partition coefficient (Wildman–Crippen LogP) is 2.59. The van der Waals surface area contributed by atoms with Gasteiger partial charge in [-0.1, -0.05) is 18.2 Å². The fourth-order valence-corrected chi connectivity index (χ4v) is 4.01. The van der Waals surface area contributed by atoms with Gasteiger partial charge in [-0.2, -0.15) is 4.72 Å². The van der Waals surface area contributed by atoms with Gasteiger partial charge in [0, 0.05) is 23.5 Å². The maximum absolute atomic E-state index is 13.4. The van der Waals surface area contributed by atoms with Crippen LogP contribution in [0, 0.1) is 12.7 Å². The van der Waals surface area contributed by atoms with Gasteiger partial charge in [0.15, 0.2) is 0 Å². The van der Waals surface area contributed by atoms with Gasteiger partial charge in [-0.25, -0.2) is 12.8 Å². The van der Waals surface area contributed by atoms with E-state index in [2.05, 4.69) is 9.71 Å². The number of aromatic nitrogens is 1. The Morgan fingerprint density at radius 3 is 2.69 bits per heavy atom. The third kappa shape index (κ3) is 3.61. The molecule has 0 amide bonds. The summed E-state index contributed by atoms with van der Waals surface area (Å²) in [6, 6.07) is 9.30. The Hall–Kier alpha value is -2.71. The van der Waals surface area contributed by atoms with Crippen LogP contribution in [-0.2, 0) is 21.2 Å². The minimum absolute atomic E-state index is 0.0290. The Morgan fingerprint density at radius 1 is 1.27 bits per heavy atom. The van der Waals surface area contributed by atoms with Crippen LogP contribution < -0.4 is 4.72 Å². The first-order valence-corrected chi connectivity index (χ1v) is 9.32. The van der Waals surface area contributed by atoms with Gasteiger partial charge in [0.2, 0.25) is 10.0 Å². The number of para-hydroxylation sites is 1. The zero-order valence-corrected chi connectivity index (χ0v) is 14.7. The van der Waals surface area contributed by atoms with Gasteiger partial charge in [-0.3, -0.25) is 4.79 Å². The molecule has 8 heteroatoms. The summed E-state index contributed by atoms with van der Waals surface area (Å²) in [7, 11) is -4.11. The number of aromatic amines is 1. The van der Waals surface area contributed by atoms with Crippen molar-refractivity contribution in [3.63, 3.8) is 0 Å². The molecule has 0 saturated carbocycles. The van der Waals surface area contributed by atoms with Gasteiger partial charge >= 0.3 is 5.97 Å². The van der Waals surface area contributed by atoms with Crippen LogP contribution in [-0.4, -0.2) is 30.5 Å². The average Bonchev–Trinajstić information content (AvgIpc) is 2.99. The van der Waals surface area contributed by atoms with E-state index in [0.717, 1.165) is 23.0 Å². The lowest BCUT2D eigenvalue weighted by molar-refractivity contribution is -0.138. The van der Waals surface area contributed by atoms with Crippen molar-refractivity contribution in [1.29, 1.82) is 0 Å². The molecule has 3 rings (SSSR count). The van der Waals surface area contributed by atoms with Crippen molar-refractivity contribution in [1.82, 2.24) is 9.71 Å². The SMILES string of the molecule is Cc1cc(S(=O)(=O)NC(Cc2c[nH]c3ccccc23)C(=O)O)ccc1F. The largest absolute Gasteiger partial charge is 0.480 e. The van der Waals surface area contributed by atoms with Crippen molar-refractivity contribution >= 4 is 26.9 Å². The van der Waals surface area contributed by atoms with E-state index in [1.165, 1.54) is 13.0 Å². The van der Waals surface area contributed by atoms with Crippen LogP contribution >= 0.6 is 0 Å². The van der Waals surface area contributed by atoms with Crippen molar-refractivity contribution in [3.05, 3.63) is 65.6 Å². The first-order chi connectivity index (χ1) is 12.3. The minimum Gasteiger partial charge on any atom is -0.480 e. The molecular formula is C18H17FN2O4S. The number of carboxylic acids is 1. The first-order valence-electron chi connectivity index (χ1n) is 7.84. The molecule has 6 nitrogen and oxygen atoms in total. The number of halogens is 1. The molecule has 0 aliphatic heterocycles. The number of sulfonamides is 1. The summed E-state index contributed by atoms with van der Waals surface area (Å²) in [6.45, 7) is 1.44. The van der Waals surface area contributed by atoms with Crippen LogP contribution in [0.4, 0.5) is 4.39 Å². The van der Waals surface area contributed by atoms with Crippen molar-refractivity contribution < 1.29 is 22.7 Å². The molecule has 1 heterocycles. The zero-order chi connectivity index (χ0) is 18.9. The number of benzene rings is 2. The van der Waals surface area contributed by atoms with E-state index in [1.807, 2.05) is 24.3 Å². The van der Waals surface area contributed by atoms with Crippen LogP contribution in [0.5, 0.6) is 0 Å². The van der Waals surface area contributed by atoms with Crippen molar-refractivity contribution in [2.45, 2.75) is 24.3 Å². The topological polar surface area (TPSA) is 99.3 Å². The molecule has 0 aliphatic rings. The van der Waals surface area contributed by atoms with E-state index < -0.39 is 27.9 Å². The summed E-state index contributed by atoms with van der Waals surface area (Å²) in [5, 5.41) is 10.3. The highest BCUT2D eigenvalue weighted by Crippen LogP contribution is 2.20. The standard InChI is InChI=1S/C18H17FN2O4S/c1-11-8-13(6-7-15(11)19)26(24,25)21-17(18(22)23)9-12-10-20-16-5-3-2-4-14(12)16/h2-8,10,17,20-21H,9H2,1H3,(H,22,23). The van der Waals surface area contributed by atoms with E-state index in [4.69, 9.17) is 0 Å². The third-order valence-corrected chi connectivity index (χ3v) is 5.60. The van der Waals surface area contributed by atoms with Gasteiger partial charge in [-0.05, 0) is 42.3 Å². The number of hydrogen-bond donors (Lipinski definition) is 3. The second kappa shape index (κ2) is 6.89. The fraction of sp³-hybridized carbons (Fsp3) is 0.167. The van der Waals surface area contributed by atoms with E-state index >= 15 is 0 Å². The number of hydrogen-bond acceptors (Lipinski definition) is 3. The lowest BCUT2D eigenvalue weighted by Gasteiger charge is -2.15. The van der Waals surface area contributed by atoms with Gasteiger partial charge in [0.25, 0.3) is 0 Å². The van der Waals surface area contributed by atoms with E-state index in [0.29, 0.717) is 5.56 Å². The normalized spacial score (nSPS) is 13.0. The molecule has 0 saturated heterocycles. The van der Waals surface area contributed by atoms with E-state index in [9.17, 15) is 22.7 Å². The van der Waals surface area contributed by atoms with Crippen molar-refractivity contribution in [2.75, 3.05) is 0 Å². The number of carboxylic acid groups (broad SMARTS) is 1. The minimum atomic E-state index is -4.11. The summed E-state index contributed by atoms with van der Waals surface area (Å²) in [5.74, 6) is -1.82.